The Morgan fingerprint density at radius 3 is 3.06 bits per heavy atom. The van der Waals surface area contributed by atoms with Crippen LogP contribution in [0.25, 0.3) is 0 Å². The molecule has 0 saturated carbocycles. The summed E-state index contributed by atoms with van der Waals surface area (Å²) in [6, 6.07) is 0.614. The van der Waals surface area contributed by atoms with Gasteiger partial charge in [-0.15, -0.1) is 11.3 Å². The van der Waals surface area contributed by atoms with Crippen LogP contribution in [0.1, 0.15) is 45.0 Å². The molecule has 1 aliphatic rings. The summed E-state index contributed by atoms with van der Waals surface area (Å²) in [6.45, 7) is 8.93. The molecule has 0 radical (unpaired) electrons. The van der Waals surface area contributed by atoms with E-state index in [2.05, 4.69) is 36.4 Å². The molecular weight excluding hydrogens is 242 g/mol. The van der Waals surface area contributed by atoms with E-state index in [-0.39, 0.29) is 5.54 Å². The van der Waals surface area contributed by atoms with Crippen LogP contribution in [0.15, 0.2) is 11.6 Å². The number of hydrogen-bond donors (Lipinski definition) is 2. The smallest absolute Gasteiger partial charge is 0.112 e. The van der Waals surface area contributed by atoms with Crippen LogP contribution < -0.4 is 10.6 Å². The second kappa shape index (κ2) is 6.13. The van der Waals surface area contributed by atoms with Gasteiger partial charge in [-0.1, -0.05) is 13.3 Å². The fraction of sp³-hybridized carbons (Fsp3) is 0.786. The minimum Gasteiger partial charge on any atom is -0.313 e. The van der Waals surface area contributed by atoms with Gasteiger partial charge in [-0.05, 0) is 39.2 Å². The molecule has 1 aliphatic heterocycles. The maximum absolute atomic E-state index is 4.42. The number of aromatic nitrogens is 1. The summed E-state index contributed by atoms with van der Waals surface area (Å²) < 4.78 is 0. The third-order valence-electron chi connectivity index (χ3n) is 3.94. The lowest BCUT2D eigenvalue weighted by Gasteiger charge is -2.33. The Balaban J connectivity index is 1.84. The van der Waals surface area contributed by atoms with Crippen LogP contribution in [-0.2, 0) is 5.54 Å². The predicted molar refractivity (Wildman–Crippen MR) is 77.9 cm³/mol. The molecule has 1 aromatic rings. The molecule has 4 heteroatoms. The lowest BCUT2D eigenvalue weighted by molar-refractivity contribution is 0.267. The predicted octanol–water partition coefficient (Wildman–Crippen LogP) is 2.75. The van der Waals surface area contributed by atoms with Gasteiger partial charge in [-0.25, -0.2) is 4.98 Å². The van der Waals surface area contributed by atoms with E-state index < -0.39 is 0 Å². The Morgan fingerprint density at radius 2 is 2.39 bits per heavy atom. The number of nitrogens with zero attached hydrogens (tertiary/aromatic N) is 1. The Kier molecular flexibility index (Phi) is 4.76. The second-order valence-electron chi connectivity index (χ2n) is 5.79. The molecular formula is C14H25N3S. The van der Waals surface area contributed by atoms with Gasteiger partial charge in [0, 0.05) is 24.2 Å². The van der Waals surface area contributed by atoms with Crippen molar-refractivity contribution < 1.29 is 0 Å². The quantitative estimate of drug-likeness (QED) is 0.861. The van der Waals surface area contributed by atoms with Crippen molar-refractivity contribution in [2.24, 2.45) is 5.92 Å². The Morgan fingerprint density at radius 1 is 1.56 bits per heavy atom. The number of nitrogens with one attached hydrogen (secondary N) is 2. The maximum Gasteiger partial charge on any atom is 0.112 e. The zero-order chi connectivity index (χ0) is 13.0. The molecule has 2 heterocycles. The molecule has 2 unspecified atom stereocenters. The molecule has 2 atom stereocenters. The standard InChI is InChI=1S/C14H25N3S/c1-4-11-5-6-15-12(9-11)10-17-14(2,3)13-16-7-8-18-13/h7-8,11-12,15,17H,4-6,9-10H2,1-3H3. The minimum absolute atomic E-state index is 0.0188. The van der Waals surface area contributed by atoms with E-state index in [1.54, 1.807) is 11.3 Å². The van der Waals surface area contributed by atoms with E-state index in [0.29, 0.717) is 6.04 Å². The minimum atomic E-state index is -0.0188. The fourth-order valence-electron chi connectivity index (χ4n) is 2.61. The van der Waals surface area contributed by atoms with Gasteiger partial charge in [-0.2, -0.15) is 0 Å². The van der Waals surface area contributed by atoms with Crippen LogP contribution in [-0.4, -0.2) is 24.1 Å². The van der Waals surface area contributed by atoms with Crippen molar-refractivity contribution in [1.29, 1.82) is 0 Å². The van der Waals surface area contributed by atoms with Gasteiger partial charge in [0.1, 0.15) is 5.01 Å². The van der Waals surface area contributed by atoms with Crippen LogP contribution in [0.4, 0.5) is 0 Å². The molecule has 102 valence electrons. The number of thiazole rings is 1. The zero-order valence-electron chi connectivity index (χ0n) is 11.7. The second-order valence-corrected chi connectivity index (χ2v) is 6.69. The van der Waals surface area contributed by atoms with E-state index in [1.165, 1.54) is 30.8 Å². The van der Waals surface area contributed by atoms with Gasteiger partial charge in [0.2, 0.25) is 0 Å². The summed E-state index contributed by atoms with van der Waals surface area (Å²) in [7, 11) is 0. The SMILES string of the molecule is CCC1CCNC(CNC(C)(C)c2nccs2)C1. The van der Waals surface area contributed by atoms with Crippen molar-refractivity contribution in [3.63, 3.8) is 0 Å². The van der Waals surface area contributed by atoms with Gasteiger partial charge < -0.3 is 10.6 Å². The van der Waals surface area contributed by atoms with Crippen molar-refractivity contribution in [2.45, 2.75) is 51.6 Å². The first kappa shape index (κ1) is 14.0. The lowest BCUT2D eigenvalue weighted by Crippen LogP contribution is -2.48. The van der Waals surface area contributed by atoms with Gasteiger partial charge in [-0.3, -0.25) is 0 Å². The van der Waals surface area contributed by atoms with Gasteiger partial charge in [0.25, 0.3) is 0 Å². The Labute approximate surface area is 114 Å². The average molecular weight is 267 g/mol. The van der Waals surface area contributed by atoms with E-state index in [0.717, 1.165) is 12.5 Å². The third-order valence-corrected chi connectivity index (χ3v) is 5.03. The van der Waals surface area contributed by atoms with Crippen LogP contribution in [0.2, 0.25) is 0 Å². The molecule has 0 aromatic carbocycles. The van der Waals surface area contributed by atoms with E-state index in [4.69, 9.17) is 0 Å². The average Bonchev–Trinajstić information content (AvgIpc) is 2.91. The number of piperidine rings is 1. The van der Waals surface area contributed by atoms with Gasteiger partial charge >= 0.3 is 0 Å². The molecule has 2 N–H and O–H groups in total. The van der Waals surface area contributed by atoms with Crippen molar-refractivity contribution in [3.8, 4) is 0 Å². The van der Waals surface area contributed by atoms with Crippen molar-refractivity contribution in [1.82, 2.24) is 15.6 Å². The molecule has 1 fully saturated rings. The van der Waals surface area contributed by atoms with Crippen molar-refractivity contribution in [3.05, 3.63) is 16.6 Å². The maximum atomic E-state index is 4.42. The summed E-state index contributed by atoms with van der Waals surface area (Å²) in [6.07, 6.45) is 5.84. The van der Waals surface area contributed by atoms with Crippen LogP contribution in [0.3, 0.4) is 0 Å². The van der Waals surface area contributed by atoms with Gasteiger partial charge in [0.15, 0.2) is 0 Å². The molecule has 2 rings (SSSR count). The first-order valence-electron chi connectivity index (χ1n) is 7.00. The molecule has 0 bridgehead atoms. The molecule has 18 heavy (non-hydrogen) atoms. The summed E-state index contributed by atoms with van der Waals surface area (Å²) >= 11 is 1.73. The summed E-state index contributed by atoms with van der Waals surface area (Å²) in [5, 5.41) is 10.5. The highest BCUT2D eigenvalue weighted by Crippen LogP contribution is 2.23. The van der Waals surface area contributed by atoms with Gasteiger partial charge in [0.05, 0.1) is 5.54 Å². The van der Waals surface area contributed by atoms with Crippen molar-refractivity contribution in [2.75, 3.05) is 13.1 Å². The monoisotopic (exact) mass is 267 g/mol. The molecule has 1 saturated heterocycles. The first-order valence-corrected chi connectivity index (χ1v) is 7.88. The summed E-state index contributed by atoms with van der Waals surface area (Å²) in [5.41, 5.74) is -0.0188. The normalized spacial score (nSPS) is 25.3. The van der Waals surface area contributed by atoms with Crippen LogP contribution in [0, 0.1) is 5.92 Å². The molecule has 0 aliphatic carbocycles. The van der Waals surface area contributed by atoms with E-state index >= 15 is 0 Å². The van der Waals surface area contributed by atoms with Crippen LogP contribution >= 0.6 is 11.3 Å². The Bertz CT molecular complexity index is 348. The van der Waals surface area contributed by atoms with Crippen molar-refractivity contribution >= 4 is 11.3 Å². The molecule has 1 aromatic heterocycles. The largest absolute Gasteiger partial charge is 0.313 e. The third kappa shape index (κ3) is 3.53. The molecule has 0 amide bonds. The summed E-state index contributed by atoms with van der Waals surface area (Å²) in [4.78, 5) is 4.42. The highest BCUT2D eigenvalue weighted by Gasteiger charge is 2.26. The highest BCUT2D eigenvalue weighted by molar-refractivity contribution is 7.09. The summed E-state index contributed by atoms with van der Waals surface area (Å²) in [5.74, 6) is 0.904. The first-order chi connectivity index (χ1) is 8.62. The fourth-order valence-corrected chi connectivity index (χ4v) is 3.35. The molecule has 0 spiro atoms. The number of rotatable bonds is 5. The number of hydrogen-bond acceptors (Lipinski definition) is 4. The van der Waals surface area contributed by atoms with E-state index in [1.807, 2.05) is 11.6 Å². The van der Waals surface area contributed by atoms with E-state index in [9.17, 15) is 0 Å². The lowest BCUT2D eigenvalue weighted by atomic mass is 9.90. The van der Waals surface area contributed by atoms with Crippen LogP contribution in [0.5, 0.6) is 0 Å². The topological polar surface area (TPSA) is 37.0 Å². The zero-order valence-corrected chi connectivity index (χ0v) is 12.5. The highest BCUT2D eigenvalue weighted by atomic mass is 32.1. The molecule has 3 nitrogen and oxygen atoms in total. The Hall–Kier alpha value is -0.450.